The topological polar surface area (TPSA) is 66.9 Å². The Balaban J connectivity index is 2.88. The van der Waals surface area contributed by atoms with Gasteiger partial charge in [-0.25, -0.2) is 0 Å². The molecule has 15 heavy (non-hydrogen) atoms. The predicted molar refractivity (Wildman–Crippen MR) is 56.7 cm³/mol. The maximum Gasteiger partial charge on any atom is 0.272 e. The molecule has 0 aliphatic rings. The number of aryl methyl sites for hydroxylation is 1. The average Bonchev–Trinajstić information content (AvgIpc) is 2.18. The van der Waals surface area contributed by atoms with Gasteiger partial charge < -0.3 is 0 Å². The first kappa shape index (κ1) is 11.5. The summed E-state index contributed by atoms with van der Waals surface area (Å²) in [7, 11) is 0. The second-order valence-corrected chi connectivity index (χ2v) is 3.48. The van der Waals surface area contributed by atoms with E-state index in [-0.39, 0.29) is 5.69 Å². The number of nitrogens with zero attached hydrogens (tertiary/aromatic N) is 2. The van der Waals surface area contributed by atoms with Gasteiger partial charge in [-0.2, -0.15) is 5.26 Å². The number of hydrogen-bond acceptors (Lipinski definition) is 3. The quantitative estimate of drug-likeness (QED) is 0.448. The molecule has 0 amide bonds. The first-order valence-electron chi connectivity index (χ1n) is 4.45. The summed E-state index contributed by atoms with van der Waals surface area (Å²) in [5.74, 6) is 0. The Morgan fingerprint density at radius 3 is 2.87 bits per heavy atom. The lowest BCUT2D eigenvalue weighted by molar-refractivity contribution is -0.385. The summed E-state index contributed by atoms with van der Waals surface area (Å²) >= 11 is 5.75. The Morgan fingerprint density at radius 2 is 2.27 bits per heavy atom. The zero-order chi connectivity index (χ0) is 11.3. The summed E-state index contributed by atoms with van der Waals surface area (Å²) in [5, 5.41) is 19.5. The van der Waals surface area contributed by atoms with Crippen molar-refractivity contribution in [1.29, 1.82) is 5.26 Å². The molecule has 0 spiro atoms. The molecule has 0 aliphatic carbocycles. The number of hydrogen-bond donors (Lipinski definition) is 0. The highest BCUT2D eigenvalue weighted by Gasteiger charge is 2.12. The van der Waals surface area contributed by atoms with E-state index in [1.54, 1.807) is 6.07 Å². The third-order valence-electron chi connectivity index (χ3n) is 1.97. The minimum absolute atomic E-state index is 0.0670. The maximum atomic E-state index is 10.7. The molecule has 0 saturated carbocycles. The van der Waals surface area contributed by atoms with E-state index < -0.39 is 4.92 Å². The summed E-state index contributed by atoms with van der Waals surface area (Å²) < 4.78 is 0. The molecular weight excluding hydrogens is 216 g/mol. The van der Waals surface area contributed by atoms with Crippen LogP contribution in [0.5, 0.6) is 0 Å². The number of nitriles is 1. The highest BCUT2D eigenvalue weighted by atomic mass is 35.5. The van der Waals surface area contributed by atoms with Crippen LogP contribution in [0.4, 0.5) is 5.69 Å². The van der Waals surface area contributed by atoms with Crippen LogP contribution in [0.1, 0.15) is 18.4 Å². The second-order valence-electron chi connectivity index (χ2n) is 3.04. The van der Waals surface area contributed by atoms with E-state index in [1.807, 2.05) is 6.07 Å². The van der Waals surface area contributed by atoms with E-state index in [2.05, 4.69) is 0 Å². The molecule has 0 saturated heterocycles. The summed E-state index contributed by atoms with van der Waals surface area (Å²) in [5.41, 5.74) is 0.653. The summed E-state index contributed by atoms with van der Waals surface area (Å²) in [6.07, 6.45) is 1.51. The van der Waals surface area contributed by atoms with Crippen molar-refractivity contribution in [2.45, 2.75) is 19.3 Å². The molecule has 1 aromatic rings. The van der Waals surface area contributed by atoms with Gasteiger partial charge in [-0.05, 0) is 25.0 Å². The van der Waals surface area contributed by atoms with Gasteiger partial charge in [0.05, 0.1) is 11.0 Å². The SMILES string of the molecule is N#CCCCc1cc(Cl)ccc1[N+](=O)[O-]. The number of nitro benzene ring substituents is 1. The van der Waals surface area contributed by atoms with Crippen LogP contribution in [0.25, 0.3) is 0 Å². The third kappa shape index (κ3) is 3.22. The van der Waals surface area contributed by atoms with Crippen LogP contribution in [0.3, 0.4) is 0 Å². The number of benzene rings is 1. The van der Waals surface area contributed by atoms with Gasteiger partial charge in [0.1, 0.15) is 0 Å². The monoisotopic (exact) mass is 224 g/mol. The van der Waals surface area contributed by atoms with Crippen LogP contribution in [0.2, 0.25) is 5.02 Å². The van der Waals surface area contributed by atoms with Crippen molar-refractivity contribution < 1.29 is 4.92 Å². The molecule has 1 rings (SSSR count). The first-order chi connectivity index (χ1) is 7.15. The van der Waals surface area contributed by atoms with E-state index in [9.17, 15) is 10.1 Å². The summed E-state index contributed by atoms with van der Waals surface area (Å²) in [4.78, 5) is 10.2. The third-order valence-corrected chi connectivity index (χ3v) is 2.21. The lowest BCUT2D eigenvalue weighted by Crippen LogP contribution is -1.95. The molecule has 0 unspecified atom stereocenters. The molecule has 0 aromatic heterocycles. The van der Waals surface area contributed by atoms with Gasteiger partial charge in [0.25, 0.3) is 5.69 Å². The summed E-state index contributed by atoms with van der Waals surface area (Å²) in [6, 6.07) is 6.47. The van der Waals surface area contributed by atoms with E-state index in [0.29, 0.717) is 29.8 Å². The van der Waals surface area contributed by atoms with E-state index in [0.717, 1.165) is 0 Å². The molecule has 0 radical (unpaired) electrons. The molecule has 0 fully saturated rings. The van der Waals surface area contributed by atoms with Gasteiger partial charge in [0.2, 0.25) is 0 Å². The van der Waals surface area contributed by atoms with Crippen molar-refractivity contribution in [3.63, 3.8) is 0 Å². The van der Waals surface area contributed by atoms with Crippen molar-refractivity contribution in [1.82, 2.24) is 0 Å². The fraction of sp³-hybridized carbons (Fsp3) is 0.300. The Hall–Kier alpha value is -1.60. The maximum absolute atomic E-state index is 10.7. The second kappa shape index (κ2) is 5.32. The van der Waals surface area contributed by atoms with E-state index >= 15 is 0 Å². The van der Waals surface area contributed by atoms with Crippen molar-refractivity contribution in [3.8, 4) is 6.07 Å². The predicted octanol–water partition coefficient (Wildman–Crippen LogP) is 3.09. The standard InChI is InChI=1S/C10H9ClN2O2/c11-9-4-5-10(13(14)15)8(7-9)3-1-2-6-12/h4-5,7H,1-3H2. The fourth-order valence-electron chi connectivity index (χ4n) is 1.29. The molecule has 78 valence electrons. The van der Waals surface area contributed by atoms with Gasteiger partial charge in [-0.1, -0.05) is 11.6 Å². The molecule has 5 heteroatoms. The number of nitro groups is 1. The smallest absolute Gasteiger partial charge is 0.258 e. The summed E-state index contributed by atoms with van der Waals surface area (Å²) in [6.45, 7) is 0. The van der Waals surface area contributed by atoms with E-state index in [1.165, 1.54) is 12.1 Å². The van der Waals surface area contributed by atoms with Crippen LogP contribution >= 0.6 is 11.6 Å². The van der Waals surface area contributed by atoms with Crippen LogP contribution in [0, 0.1) is 21.4 Å². The molecule has 0 heterocycles. The van der Waals surface area contributed by atoms with Crippen molar-refractivity contribution in [2.75, 3.05) is 0 Å². The molecule has 0 atom stereocenters. The van der Waals surface area contributed by atoms with Gasteiger partial charge in [0.15, 0.2) is 0 Å². The average molecular weight is 225 g/mol. The normalized spacial score (nSPS) is 9.60. The minimum atomic E-state index is -0.433. The lowest BCUT2D eigenvalue weighted by atomic mass is 10.1. The van der Waals surface area contributed by atoms with Crippen molar-refractivity contribution >= 4 is 17.3 Å². The van der Waals surface area contributed by atoms with Crippen LogP contribution in [-0.2, 0) is 6.42 Å². The number of halogens is 1. The zero-order valence-corrected chi connectivity index (χ0v) is 8.70. The first-order valence-corrected chi connectivity index (χ1v) is 4.82. The fourth-order valence-corrected chi connectivity index (χ4v) is 1.49. The number of unbranched alkanes of at least 4 members (excludes halogenated alkanes) is 1. The van der Waals surface area contributed by atoms with Gasteiger partial charge in [-0.15, -0.1) is 0 Å². The Morgan fingerprint density at radius 1 is 1.53 bits per heavy atom. The molecule has 0 aliphatic heterocycles. The highest BCUT2D eigenvalue weighted by molar-refractivity contribution is 6.30. The molecule has 0 bridgehead atoms. The van der Waals surface area contributed by atoms with Crippen molar-refractivity contribution in [3.05, 3.63) is 38.9 Å². The molecule has 0 N–H and O–H groups in total. The van der Waals surface area contributed by atoms with E-state index in [4.69, 9.17) is 16.9 Å². The molecular formula is C10H9ClN2O2. The Labute approximate surface area is 92.2 Å². The minimum Gasteiger partial charge on any atom is -0.258 e. The zero-order valence-electron chi connectivity index (χ0n) is 7.94. The van der Waals surface area contributed by atoms with Crippen LogP contribution < -0.4 is 0 Å². The Bertz CT molecular complexity index is 412. The molecule has 4 nitrogen and oxygen atoms in total. The highest BCUT2D eigenvalue weighted by Crippen LogP contribution is 2.24. The van der Waals surface area contributed by atoms with Gasteiger partial charge in [0, 0.05) is 23.1 Å². The largest absolute Gasteiger partial charge is 0.272 e. The van der Waals surface area contributed by atoms with Crippen molar-refractivity contribution in [2.24, 2.45) is 0 Å². The molecule has 1 aromatic carbocycles. The van der Waals surface area contributed by atoms with Gasteiger partial charge in [-0.3, -0.25) is 10.1 Å². The number of rotatable bonds is 4. The van der Waals surface area contributed by atoms with Crippen LogP contribution in [0.15, 0.2) is 18.2 Å². The lowest BCUT2D eigenvalue weighted by Gasteiger charge is -2.01. The Kier molecular flexibility index (Phi) is 4.07. The van der Waals surface area contributed by atoms with Gasteiger partial charge >= 0.3 is 0 Å². The van der Waals surface area contributed by atoms with Crippen LogP contribution in [-0.4, -0.2) is 4.92 Å².